The summed E-state index contributed by atoms with van der Waals surface area (Å²) in [4.78, 5) is 28.7. The van der Waals surface area contributed by atoms with Crippen molar-refractivity contribution in [2.24, 2.45) is 29.6 Å². The average molecular weight is 858 g/mol. The van der Waals surface area contributed by atoms with E-state index in [1.165, 1.54) is 0 Å². The van der Waals surface area contributed by atoms with Crippen LogP contribution in [0, 0.1) is 29.6 Å². The highest BCUT2D eigenvalue weighted by Crippen LogP contribution is 2.62. The first-order chi connectivity index (χ1) is 26.3. The number of hydrogen-bond donors (Lipinski definition) is 0. The smallest absolute Gasteiger partial charge is 0.354 e. The van der Waals surface area contributed by atoms with Crippen molar-refractivity contribution in [3.63, 3.8) is 0 Å². The Hall–Kier alpha value is -1.81. The number of cyclic esters (lactones) is 1. The Balaban J connectivity index is 1.65. The molecule has 9 nitrogen and oxygen atoms in total. The maximum atomic E-state index is 14.6. The number of esters is 2. The number of hydrogen-bond acceptors (Lipinski definition) is 8. The van der Waals surface area contributed by atoms with Gasteiger partial charge in [0.2, 0.25) is 0 Å². The third-order valence-corrected chi connectivity index (χ3v) is 30.3. The monoisotopic (exact) mass is 858 g/mol. The third-order valence-electron chi connectivity index (χ3n) is 16.0. The lowest BCUT2D eigenvalue weighted by Crippen LogP contribution is -2.61. The number of nitrogens with zero attached hydrogens (tertiary/aromatic N) is 1. The van der Waals surface area contributed by atoms with Gasteiger partial charge < -0.3 is 32.0 Å². The fraction of sp³-hybridized carbons (Fsp3) is 0.783. The van der Waals surface area contributed by atoms with E-state index in [1.807, 2.05) is 25.3 Å². The van der Waals surface area contributed by atoms with Gasteiger partial charge in [0.15, 0.2) is 31.0 Å². The van der Waals surface area contributed by atoms with Crippen LogP contribution in [0.3, 0.4) is 0 Å². The van der Waals surface area contributed by atoms with Crippen molar-refractivity contribution in [3.8, 4) is 0 Å². The predicted octanol–water partition coefficient (Wildman–Crippen LogP) is 10.8. The van der Waals surface area contributed by atoms with Crippen LogP contribution in [0.1, 0.15) is 107 Å². The number of methoxy groups -OCH3 is 1. The van der Waals surface area contributed by atoms with Crippen LogP contribution < -0.4 is 0 Å². The molecule has 2 aliphatic heterocycles. The molecule has 0 amide bonds. The van der Waals surface area contributed by atoms with E-state index in [1.54, 1.807) is 7.11 Å². The lowest BCUT2D eigenvalue weighted by molar-refractivity contribution is -0.171. The molecule has 58 heavy (non-hydrogen) atoms. The molecule has 0 radical (unpaired) electrons. The number of rotatable bonds is 9. The van der Waals surface area contributed by atoms with Crippen LogP contribution in [0.4, 0.5) is 0 Å². The zero-order valence-corrected chi connectivity index (χ0v) is 42.7. The van der Waals surface area contributed by atoms with Crippen LogP contribution in [0.5, 0.6) is 0 Å². The normalized spacial score (nSPS) is 35.1. The Kier molecular flexibility index (Phi) is 12.9. The fourth-order valence-corrected chi connectivity index (χ4v) is 14.2. The van der Waals surface area contributed by atoms with Crippen molar-refractivity contribution in [2.45, 2.75) is 193 Å². The second kappa shape index (κ2) is 15.8. The van der Waals surface area contributed by atoms with E-state index in [0.29, 0.717) is 12.1 Å². The largest absolute Gasteiger partial charge is 0.457 e. The highest BCUT2D eigenvalue weighted by molar-refractivity contribution is 6.79. The van der Waals surface area contributed by atoms with Gasteiger partial charge in [0.25, 0.3) is 0 Å². The van der Waals surface area contributed by atoms with Crippen molar-refractivity contribution in [1.82, 2.24) is 4.23 Å². The minimum absolute atomic E-state index is 0.00997. The molecule has 4 bridgehead atoms. The predicted molar refractivity (Wildman–Crippen MR) is 241 cm³/mol. The topological polar surface area (TPSA) is 94.5 Å². The Morgan fingerprint density at radius 3 is 2.07 bits per heavy atom. The van der Waals surface area contributed by atoms with Crippen LogP contribution in [0.2, 0.25) is 54.4 Å². The summed E-state index contributed by atoms with van der Waals surface area (Å²) < 4.78 is 43.5. The van der Waals surface area contributed by atoms with Crippen LogP contribution in [0.15, 0.2) is 42.1 Å². The van der Waals surface area contributed by atoms with Gasteiger partial charge in [-0.05, 0) is 85.5 Å². The standard InChI is InChI=1S/C46H79NO8Si3/c1-28-26-29(2)46-32(27-35(50-14)42(49)51-37(28)31(4)54-57(17,18)44(8,9)10)23-24-33-36(46)38(55-58(19,20)45(11,12)13)30(3)39(40(33)53-46)52-41(48)34-22-21-25-47(34)56(15,16)43(5,6)7/h21-26,28,30-33,35-40H,27H2,1-20H3/b29-26+/t28-,30-,31-,32-,33-,35+,36+,37+,38-,39-,40-,46+/m1/s1. The highest BCUT2D eigenvalue weighted by atomic mass is 28.4. The summed E-state index contributed by atoms with van der Waals surface area (Å²) in [6.07, 6.45) is 6.20. The van der Waals surface area contributed by atoms with Crippen LogP contribution in [0.25, 0.3) is 0 Å². The molecule has 1 aromatic heterocycles. The second-order valence-electron chi connectivity index (χ2n) is 22.8. The number of aromatic nitrogens is 1. The van der Waals surface area contributed by atoms with Crippen molar-refractivity contribution in [1.29, 1.82) is 0 Å². The molecule has 0 aromatic carbocycles. The van der Waals surface area contributed by atoms with Crippen molar-refractivity contribution in [2.75, 3.05) is 7.11 Å². The molecular formula is C46H79NO8Si3. The SMILES string of the molecule is CO[C@H]1C[C@H]2C=C[C@H]3[C@H]4O[C@]2(/C(C)=C/[C@@H](C)[C@@H]([C@@H](C)O[Si](C)(C)C(C)(C)C)OC1=O)[C@@H]3[C@H](O[Si](C)(C)C(C)(C)C)[C@@H](C)[C@H]4OC(=O)c1cccn1[Si](C)(C)C(C)(C)C. The van der Waals surface area contributed by atoms with E-state index in [4.69, 9.17) is 27.8 Å². The van der Waals surface area contributed by atoms with E-state index in [9.17, 15) is 9.59 Å². The molecular weight excluding hydrogens is 779 g/mol. The molecule has 2 fully saturated rings. The highest BCUT2D eigenvalue weighted by Gasteiger charge is 2.70. The van der Waals surface area contributed by atoms with Gasteiger partial charge in [-0.2, -0.15) is 0 Å². The first-order valence-corrected chi connectivity index (χ1v) is 30.6. The van der Waals surface area contributed by atoms with Crippen molar-refractivity contribution < 1.29 is 37.4 Å². The second-order valence-corrected chi connectivity index (χ2v) is 37.4. The van der Waals surface area contributed by atoms with E-state index in [-0.39, 0.29) is 68.9 Å². The van der Waals surface area contributed by atoms with Gasteiger partial charge in [-0.3, -0.25) is 0 Å². The fourth-order valence-electron chi connectivity index (χ4n) is 9.45. The van der Waals surface area contributed by atoms with E-state index in [0.717, 1.165) is 5.57 Å². The summed E-state index contributed by atoms with van der Waals surface area (Å²) in [7, 11) is -5.15. The van der Waals surface area contributed by atoms with Crippen LogP contribution >= 0.6 is 0 Å². The minimum atomic E-state index is -2.38. The number of carbonyl (C=O) groups is 2. The maximum Gasteiger partial charge on any atom is 0.354 e. The molecule has 3 heterocycles. The lowest BCUT2D eigenvalue weighted by Gasteiger charge is -2.53. The first kappa shape index (κ1) is 47.2. The molecule has 1 saturated heterocycles. The first-order valence-electron chi connectivity index (χ1n) is 21.9. The van der Waals surface area contributed by atoms with Gasteiger partial charge in [0.05, 0.1) is 12.2 Å². The Bertz CT molecular complexity index is 1740. The van der Waals surface area contributed by atoms with E-state index < -0.39 is 54.9 Å². The van der Waals surface area contributed by atoms with Crippen molar-refractivity contribution in [3.05, 3.63) is 47.8 Å². The Morgan fingerprint density at radius 2 is 1.52 bits per heavy atom. The molecule has 4 aliphatic rings. The quantitative estimate of drug-likeness (QED) is 0.138. The molecule has 1 saturated carbocycles. The molecule has 12 heteroatoms. The van der Waals surface area contributed by atoms with Crippen LogP contribution in [-0.4, -0.2) is 90.4 Å². The Labute approximate surface area is 354 Å². The molecule has 0 N–H and O–H groups in total. The summed E-state index contributed by atoms with van der Waals surface area (Å²) in [6, 6.07) is 3.86. The minimum Gasteiger partial charge on any atom is -0.457 e. The molecule has 328 valence electrons. The zero-order chi connectivity index (χ0) is 43.9. The number of ether oxygens (including phenoxy) is 4. The van der Waals surface area contributed by atoms with E-state index in [2.05, 4.69) is 145 Å². The summed E-state index contributed by atoms with van der Waals surface area (Å²) in [5.74, 6) is -1.45. The van der Waals surface area contributed by atoms with E-state index >= 15 is 0 Å². The van der Waals surface area contributed by atoms with Gasteiger partial charge in [-0.1, -0.05) is 107 Å². The third kappa shape index (κ3) is 8.15. The molecule has 1 spiro atoms. The summed E-state index contributed by atoms with van der Waals surface area (Å²) in [5.41, 5.74) is 0.824. The molecule has 1 aromatic rings. The van der Waals surface area contributed by atoms with Crippen LogP contribution in [-0.2, 0) is 32.6 Å². The van der Waals surface area contributed by atoms with Gasteiger partial charge in [0, 0.05) is 36.7 Å². The Morgan fingerprint density at radius 1 is 0.914 bits per heavy atom. The zero-order valence-electron chi connectivity index (χ0n) is 39.7. The summed E-state index contributed by atoms with van der Waals surface area (Å²) >= 11 is 0. The summed E-state index contributed by atoms with van der Waals surface area (Å²) in [5, 5.41) is -0.0643. The summed E-state index contributed by atoms with van der Waals surface area (Å²) in [6.45, 7) is 42.5. The molecule has 0 unspecified atom stereocenters. The average Bonchev–Trinajstić information content (AvgIpc) is 3.64. The molecule has 2 aliphatic carbocycles. The van der Waals surface area contributed by atoms with Gasteiger partial charge in [0.1, 0.15) is 29.6 Å². The molecule has 12 atom stereocenters. The van der Waals surface area contributed by atoms with Crippen molar-refractivity contribution >= 4 is 36.8 Å². The van der Waals surface area contributed by atoms with Gasteiger partial charge >= 0.3 is 11.9 Å². The molecule has 5 rings (SSSR count). The lowest BCUT2D eigenvalue weighted by atomic mass is 9.57. The van der Waals surface area contributed by atoms with Gasteiger partial charge in [-0.25, -0.2) is 9.59 Å². The number of carbonyl (C=O) groups excluding carboxylic acids is 2. The van der Waals surface area contributed by atoms with Gasteiger partial charge in [-0.15, -0.1) is 0 Å². The maximum absolute atomic E-state index is 14.6.